The van der Waals surface area contributed by atoms with Crippen molar-refractivity contribution in [1.29, 1.82) is 0 Å². The molecular weight excluding hydrogens is 358 g/mol. The van der Waals surface area contributed by atoms with E-state index < -0.39 is 0 Å². The van der Waals surface area contributed by atoms with Crippen LogP contribution < -0.4 is 10.1 Å². The monoisotopic (exact) mass is 373 g/mol. The number of aromatic nitrogens is 2. The van der Waals surface area contributed by atoms with Crippen LogP contribution in [0.5, 0.6) is 5.75 Å². The summed E-state index contributed by atoms with van der Waals surface area (Å²) in [6.07, 6.45) is 1.35. The molecule has 0 spiro atoms. The molecule has 0 bridgehead atoms. The van der Waals surface area contributed by atoms with E-state index in [1.54, 1.807) is 22.2 Å². The van der Waals surface area contributed by atoms with Gasteiger partial charge < -0.3 is 10.1 Å². The fraction of sp³-hybridized carbons (Fsp3) is 0.294. The third kappa shape index (κ3) is 3.27. The summed E-state index contributed by atoms with van der Waals surface area (Å²) in [6, 6.07) is 5.88. The highest BCUT2D eigenvalue weighted by Crippen LogP contribution is 2.35. The zero-order valence-electron chi connectivity index (χ0n) is 13.4. The zero-order chi connectivity index (χ0) is 17.4. The lowest BCUT2D eigenvalue weighted by Crippen LogP contribution is -2.40. The Morgan fingerprint density at radius 2 is 2.12 bits per heavy atom. The molecule has 8 heteroatoms. The number of ether oxygens (including phenoxy) is 1. The minimum Gasteiger partial charge on any atom is -0.488 e. The van der Waals surface area contributed by atoms with Gasteiger partial charge in [-0.3, -0.25) is 9.59 Å². The van der Waals surface area contributed by atoms with Crippen molar-refractivity contribution in [3.63, 3.8) is 0 Å². The molecule has 128 valence electrons. The number of nitrogens with one attached hydrogen (secondary N) is 1. The van der Waals surface area contributed by atoms with Gasteiger partial charge in [-0.1, -0.05) is 6.07 Å². The summed E-state index contributed by atoms with van der Waals surface area (Å²) >= 11 is 2.84. The van der Waals surface area contributed by atoms with Crippen molar-refractivity contribution in [2.24, 2.45) is 5.92 Å². The van der Waals surface area contributed by atoms with Gasteiger partial charge in [0.2, 0.25) is 5.91 Å². The fourth-order valence-corrected chi connectivity index (χ4v) is 4.16. The quantitative estimate of drug-likeness (QED) is 0.689. The molecule has 25 heavy (non-hydrogen) atoms. The van der Waals surface area contributed by atoms with Crippen molar-refractivity contribution in [2.75, 3.05) is 5.32 Å². The third-order valence-electron chi connectivity index (χ3n) is 4.18. The minimum atomic E-state index is -0.106. The molecule has 0 aliphatic heterocycles. The number of benzene rings is 1. The van der Waals surface area contributed by atoms with E-state index in [-0.39, 0.29) is 23.7 Å². The molecule has 3 aromatic rings. The number of ketones is 1. The number of amides is 1. The summed E-state index contributed by atoms with van der Waals surface area (Å²) < 4.78 is 7.09. The number of hydrogen-bond acceptors (Lipinski definition) is 7. The van der Waals surface area contributed by atoms with Gasteiger partial charge in [0.05, 0.1) is 10.2 Å². The zero-order valence-corrected chi connectivity index (χ0v) is 15.0. The normalized spacial score (nSPS) is 19.4. The molecule has 0 atom stereocenters. The number of carbonyl (C=O) groups is 2. The molecule has 1 aliphatic carbocycles. The number of anilines is 1. The highest BCUT2D eigenvalue weighted by Gasteiger charge is 2.36. The van der Waals surface area contributed by atoms with Crippen molar-refractivity contribution >= 4 is 49.7 Å². The number of para-hydroxylation sites is 1. The Kier molecular flexibility index (Phi) is 4.22. The molecule has 1 aliphatic rings. The standard InChI is InChI=1S/C17H15N3O3S2/c1-9(21)12-7-24-17(19-12)20-16(22)10-5-11(6-10)23-13-3-2-4-14-15(13)18-8-25-14/h2-4,7-8,10-11H,5-6H2,1H3,(H,19,20,22). The van der Waals surface area contributed by atoms with Crippen molar-refractivity contribution in [3.8, 4) is 5.75 Å². The first-order valence-corrected chi connectivity index (χ1v) is 9.62. The Morgan fingerprint density at radius 1 is 1.28 bits per heavy atom. The minimum absolute atomic E-state index is 0.0205. The van der Waals surface area contributed by atoms with Gasteiger partial charge in [-0.2, -0.15) is 0 Å². The van der Waals surface area contributed by atoms with Crippen LogP contribution in [0.25, 0.3) is 10.2 Å². The molecule has 1 N–H and O–H groups in total. The van der Waals surface area contributed by atoms with E-state index in [4.69, 9.17) is 4.74 Å². The Morgan fingerprint density at radius 3 is 2.88 bits per heavy atom. The Bertz CT molecular complexity index is 943. The van der Waals surface area contributed by atoms with Gasteiger partial charge >= 0.3 is 0 Å². The van der Waals surface area contributed by atoms with Crippen LogP contribution in [0, 0.1) is 5.92 Å². The summed E-state index contributed by atoms with van der Waals surface area (Å²) in [5.74, 6) is 0.499. The second-order valence-electron chi connectivity index (χ2n) is 5.95. The highest BCUT2D eigenvalue weighted by atomic mass is 32.1. The summed E-state index contributed by atoms with van der Waals surface area (Å²) in [5, 5.41) is 4.90. The molecule has 0 saturated heterocycles. The molecule has 0 unspecified atom stereocenters. The average molecular weight is 373 g/mol. The molecule has 4 rings (SSSR count). The fourth-order valence-electron chi connectivity index (χ4n) is 2.71. The van der Waals surface area contributed by atoms with E-state index in [2.05, 4.69) is 15.3 Å². The maximum Gasteiger partial charge on any atom is 0.229 e. The average Bonchev–Trinajstić information content (AvgIpc) is 3.19. The maximum absolute atomic E-state index is 12.2. The molecule has 2 aromatic heterocycles. The largest absolute Gasteiger partial charge is 0.488 e. The van der Waals surface area contributed by atoms with Crippen LogP contribution in [-0.4, -0.2) is 27.8 Å². The Balaban J connectivity index is 1.33. The molecule has 1 aromatic carbocycles. The van der Waals surface area contributed by atoms with Crippen molar-refractivity contribution in [3.05, 3.63) is 34.8 Å². The topological polar surface area (TPSA) is 81.2 Å². The van der Waals surface area contributed by atoms with Gasteiger partial charge in [0.15, 0.2) is 10.9 Å². The molecular formula is C17H15N3O3S2. The van der Waals surface area contributed by atoms with E-state index in [9.17, 15) is 9.59 Å². The van der Waals surface area contributed by atoms with E-state index >= 15 is 0 Å². The van der Waals surface area contributed by atoms with Gasteiger partial charge in [0.1, 0.15) is 23.1 Å². The molecule has 1 fully saturated rings. The Labute approximate surface area is 151 Å². The number of hydrogen-bond donors (Lipinski definition) is 1. The lowest BCUT2D eigenvalue weighted by molar-refractivity contribution is -0.125. The van der Waals surface area contributed by atoms with Gasteiger partial charge in [-0.25, -0.2) is 9.97 Å². The second-order valence-corrected chi connectivity index (χ2v) is 7.69. The van der Waals surface area contributed by atoms with Crippen molar-refractivity contribution in [2.45, 2.75) is 25.9 Å². The van der Waals surface area contributed by atoms with Gasteiger partial charge in [-0.05, 0) is 25.0 Å². The number of thiazole rings is 2. The SMILES string of the molecule is CC(=O)c1csc(NC(=O)C2CC(Oc3cccc4scnc34)C2)n1. The first kappa shape index (κ1) is 16.2. The predicted molar refractivity (Wildman–Crippen MR) is 97.5 cm³/mol. The number of carbonyl (C=O) groups excluding carboxylic acids is 2. The van der Waals surface area contributed by atoms with Crippen LogP contribution in [0.15, 0.2) is 29.1 Å². The highest BCUT2D eigenvalue weighted by molar-refractivity contribution is 7.16. The summed E-state index contributed by atoms with van der Waals surface area (Å²) in [5.41, 5.74) is 3.06. The van der Waals surface area contributed by atoms with Crippen LogP contribution in [0.4, 0.5) is 5.13 Å². The molecule has 1 amide bonds. The van der Waals surface area contributed by atoms with Crippen LogP contribution in [0.1, 0.15) is 30.3 Å². The van der Waals surface area contributed by atoms with Crippen LogP contribution in [0.2, 0.25) is 0 Å². The lowest BCUT2D eigenvalue weighted by Gasteiger charge is -2.34. The van der Waals surface area contributed by atoms with Gasteiger partial charge in [0.25, 0.3) is 0 Å². The van der Waals surface area contributed by atoms with E-state index in [0.717, 1.165) is 16.0 Å². The van der Waals surface area contributed by atoms with Crippen molar-refractivity contribution in [1.82, 2.24) is 9.97 Å². The number of rotatable bonds is 5. The second kappa shape index (κ2) is 6.53. The predicted octanol–water partition coefficient (Wildman–Crippen LogP) is 3.75. The summed E-state index contributed by atoms with van der Waals surface area (Å²) in [7, 11) is 0. The van der Waals surface area contributed by atoms with Gasteiger partial charge in [0, 0.05) is 18.2 Å². The van der Waals surface area contributed by atoms with E-state index in [0.29, 0.717) is 23.7 Å². The molecule has 1 saturated carbocycles. The number of fused-ring (bicyclic) bond motifs is 1. The smallest absolute Gasteiger partial charge is 0.229 e. The van der Waals surface area contributed by atoms with Crippen LogP contribution in [0.3, 0.4) is 0 Å². The summed E-state index contributed by atoms with van der Waals surface area (Å²) in [6.45, 7) is 1.46. The first-order chi connectivity index (χ1) is 12.1. The third-order valence-corrected chi connectivity index (χ3v) is 5.73. The molecule has 2 heterocycles. The number of Topliss-reactive ketones (excluding diaryl/α,β-unsaturated/α-hetero) is 1. The molecule has 6 nitrogen and oxygen atoms in total. The van der Waals surface area contributed by atoms with E-state index in [1.165, 1.54) is 18.3 Å². The van der Waals surface area contributed by atoms with Crippen LogP contribution in [-0.2, 0) is 4.79 Å². The van der Waals surface area contributed by atoms with Crippen molar-refractivity contribution < 1.29 is 14.3 Å². The maximum atomic E-state index is 12.2. The number of nitrogens with zero attached hydrogens (tertiary/aromatic N) is 2. The molecule has 0 radical (unpaired) electrons. The van der Waals surface area contributed by atoms with Gasteiger partial charge in [-0.15, -0.1) is 22.7 Å². The summed E-state index contributed by atoms with van der Waals surface area (Å²) in [4.78, 5) is 31.9. The Hall–Kier alpha value is -2.32. The van der Waals surface area contributed by atoms with E-state index in [1.807, 2.05) is 18.2 Å². The first-order valence-electron chi connectivity index (χ1n) is 7.86. The van der Waals surface area contributed by atoms with Crippen LogP contribution >= 0.6 is 22.7 Å². The lowest BCUT2D eigenvalue weighted by atomic mass is 9.81.